The van der Waals surface area contributed by atoms with E-state index in [1.165, 1.54) is 17.3 Å². The van der Waals surface area contributed by atoms with Crippen LogP contribution in [-0.2, 0) is 22.7 Å². The minimum absolute atomic E-state index is 0.118. The van der Waals surface area contributed by atoms with E-state index in [1.54, 1.807) is 29.5 Å². The molecule has 2 amide bonds. The highest BCUT2D eigenvalue weighted by Gasteiger charge is 2.11. The summed E-state index contributed by atoms with van der Waals surface area (Å²) in [6, 6.07) is 17.4. The molecule has 2 heterocycles. The molecular formula is C25H27N7O2S. The molecule has 0 bridgehead atoms. The van der Waals surface area contributed by atoms with Crippen LogP contribution in [0.5, 0.6) is 0 Å². The Morgan fingerprint density at radius 2 is 1.89 bits per heavy atom. The lowest BCUT2D eigenvalue weighted by Gasteiger charge is -2.10. The molecule has 4 aromatic rings. The Morgan fingerprint density at radius 1 is 1.06 bits per heavy atom. The SMILES string of the molecule is CC(C)c1ccc(-n2cnnc2SCC(=O)NCc2cccc(NC(=O)Cn3cccn3)c2)cc1. The first-order chi connectivity index (χ1) is 17.0. The zero-order valence-electron chi connectivity index (χ0n) is 19.6. The van der Waals surface area contributed by atoms with Crippen LogP contribution in [-0.4, -0.2) is 42.1 Å². The zero-order valence-corrected chi connectivity index (χ0v) is 20.4. The topological polar surface area (TPSA) is 107 Å². The van der Waals surface area contributed by atoms with Crippen LogP contribution in [0.25, 0.3) is 5.69 Å². The van der Waals surface area contributed by atoms with E-state index < -0.39 is 0 Å². The van der Waals surface area contributed by atoms with Crippen LogP contribution in [0.4, 0.5) is 5.69 Å². The smallest absolute Gasteiger partial charge is 0.246 e. The second-order valence-corrected chi connectivity index (χ2v) is 9.19. The predicted octanol–water partition coefficient (Wildman–Crippen LogP) is 3.63. The third-order valence-corrected chi connectivity index (χ3v) is 6.20. The van der Waals surface area contributed by atoms with Gasteiger partial charge in [0.2, 0.25) is 11.8 Å². The number of nitrogens with one attached hydrogen (secondary N) is 2. The van der Waals surface area contributed by atoms with E-state index in [0.29, 0.717) is 23.3 Å². The molecule has 2 aromatic heterocycles. The monoisotopic (exact) mass is 489 g/mol. The van der Waals surface area contributed by atoms with Crippen molar-refractivity contribution in [3.63, 3.8) is 0 Å². The quantitative estimate of drug-likeness (QED) is 0.330. The number of hydrogen-bond acceptors (Lipinski definition) is 6. The van der Waals surface area contributed by atoms with Crippen LogP contribution in [0.1, 0.15) is 30.9 Å². The lowest BCUT2D eigenvalue weighted by atomic mass is 10.0. The maximum Gasteiger partial charge on any atom is 0.246 e. The number of aromatic nitrogens is 5. The van der Waals surface area contributed by atoms with Crippen molar-refractivity contribution in [1.82, 2.24) is 29.9 Å². The highest BCUT2D eigenvalue weighted by Crippen LogP contribution is 2.22. The standard InChI is InChI=1S/C25H27N7O2S/c1-18(2)20-7-9-22(10-8-20)32-17-27-30-25(32)35-16-24(34)26-14-19-5-3-6-21(13-19)29-23(33)15-31-12-4-11-28-31/h3-13,17-18H,14-16H2,1-2H3,(H,26,34)(H,29,33). The number of carbonyl (C=O) groups excluding carboxylic acids is 2. The van der Waals surface area contributed by atoms with Crippen LogP contribution >= 0.6 is 11.8 Å². The largest absolute Gasteiger partial charge is 0.351 e. The van der Waals surface area contributed by atoms with Gasteiger partial charge in [-0.3, -0.25) is 18.8 Å². The van der Waals surface area contributed by atoms with Crippen molar-refractivity contribution >= 4 is 29.3 Å². The van der Waals surface area contributed by atoms with Crippen molar-refractivity contribution in [1.29, 1.82) is 0 Å². The molecule has 0 aliphatic carbocycles. The summed E-state index contributed by atoms with van der Waals surface area (Å²) in [5, 5.41) is 18.6. The van der Waals surface area contributed by atoms with Gasteiger partial charge < -0.3 is 10.6 Å². The van der Waals surface area contributed by atoms with Crippen molar-refractivity contribution < 1.29 is 9.59 Å². The number of benzene rings is 2. The van der Waals surface area contributed by atoms with E-state index in [-0.39, 0.29) is 24.1 Å². The average molecular weight is 490 g/mol. The van der Waals surface area contributed by atoms with Gasteiger partial charge in [0.15, 0.2) is 5.16 Å². The van der Waals surface area contributed by atoms with Gasteiger partial charge in [0.25, 0.3) is 0 Å². The third-order valence-electron chi connectivity index (χ3n) is 5.25. The summed E-state index contributed by atoms with van der Waals surface area (Å²) in [4.78, 5) is 24.6. The number of hydrogen-bond donors (Lipinski definition) is 2. The van der Waals surface area contributed by atoms with E-state index in [9.17, 15) is 9.59 Å². The normalized spacial score (nSPS) is 10.9. The summed E-state index contributed by atoms with van der Waals surface area (Å²) < 4.78 is 3.43. The van der Waals surface area contributed by atoms with E-state index >= 15 is 0 Å². The highest BCUT2D eigenvalue weighted by molar-refractivity contribution is 7.99. The van der Waals surface area contributed by atoms with Gasteiger partial charge in [0, 0.05) is 30.3 Å². The van der Waals surface area contributed by atoms with Crippen molar-refractivity contribution in [2.45, 2.75) is 38.0 Å². The summed E-state index contributed by atoms with van der Waals surface area (Å²) in [5.74, 6) is 0.381. The van der Waals surface area contributed by atoms with Gasteiger partial charge in [-0.05, 0) is 47.4 Å². The van der Waals surface area contributed by atoms with Gasteiger partial charge >= 0.3 is 0 Å². The van der Waals surface area contributed by atoms with Crippen LogP contribution in [0.2, 0.25) is 0 Å². The molecule has 4 rings (SSSR count). The lowest BCUT2D eigenvalue weighted by Crippen LogP contribution is -2.25. The summed E-state index contributed by atoms with van der Waals surface area (Å²) >= 11 is 1.33. The third kappa shape index (κ3) is 6.80. The predicted molar refractivity (Wildman–Crippen MR) is 135 cm³/mol. The molecule has 0 unspecified atom stereocenters. The Bertz CT molecular complexity index is 1270. The molecule has 180 valence electrons. The second kappa shape index (κ2) is 11.5. The summed E-state index contributed by atoms with van der Waals surface area (Å²) in [6.45, 7) is 4.80. The van der Waals surface area contributed by atoms with Gasteiger partial charge in [-0.25, -0.2) is 0 Å². The Morgan fingerprint density at radius 3 is 2.63 bits per heavy atom. The first kappa shape index (κ1) is 24.2. The van der Waals surface area contributed by atoms with Crippen LogP contribution in [0.3, 0.4) is 0 Å². The second-order valence-electron chi connectivity index (χ2n) is 8.25. The number of rotatable bonds is 10. The molecule has 0 aliphatic heterocycles. The molecule has 0 spiro atoms. The Labute approximate surface area is 208 Å². The highest BCUT2D eigenvalue weighted by atomic mass is 32.2. The number of amides is 2. The minimum Gasteiger partial charge on any atom is -0.351 e. The molecule has 0 saturated carbocycles. The molecule has 0 atom stereocenters. The molecular weight excluding hydrogens is 462 g/mol. The molecule has 35 heavy (non-hydrogen) atoms. The van der Waals surface area contributed by atoms with E-state index in [2.05, 4.69) is 51.9 Å². The number of thioether (sulfide) groups is 1. The van der Waals surface area contributed by atoms with Gasteiger partial charge in [-0.2, -0.15) is 5.10 Å². The van der Waals surface area contributed by atoms with Crippen molar-refractivity contribution in [2.75, 3.05) is 11.1 Å². The summed E-state index contributed by atoms with van der Waals surface area (Å²) in [6.07, 6.45) is 5.01. The lowest BCUT2D eigenvalue weighted by molar-refractivity contribution is -0.119. The fraction of sp³-hybridized carbons (Fsp3) is 0.240. The molecule has 2 aromatic carbocycles. The van der Waals surface area contributed by atoms with Crippen LogP contribution in [0.15, 0.2) is 78.5 Å². The van der Waals surface area contributed by atoms with Gasteiger partial charge in [-0.15, -0.1) is 10.2 Å². The van der Waals surface area contributed by atoms with E-state index in [1.807, 2.05) is 41.0 Å². The zero-order chi connectivity index (χ0) is 24.6. The average Bonchev–Trinajstić information content (AvgIpc) is 3.54. The fourth-order valence-corrected chi connectivity index (χ4v) is 4.16. The van der Waals surface area contributed by atoms with Gasteiger partial charge in [0.1, 0.15) is 12.9 Å². The van der Waals surface area contributed by atoms with E-state index in [4.69, 9.17) is 0 Å². The van der Waals surface area contributed by atoms with E-state index in [0.717, 1.165) is 11.3 Å². The Balaban J connectivity index is 1.27. The number of nitrogens with zero attached hydrogens (tertiary/aromatic N) is 5. The number of carbonyl (C=O) groups is 2. The van der Waals surface area contributed by atoms with Crippen LogP contribution in [0, 0.1) is 0 Å². The Hall–Kier alpha value is -3.92. The summed E-state index contributed by atoms with van der Waals surface area (Å²) in [5.41, 5.74) is 3.76. The molecule has 0 aliphatic rings. The van der Waals surface area contributed by atoms with Gasteiger partial charge in [-0.1, -0.05) is 49.9 Å². The number of anilines is 1. The molecule has 0 saturated heterocycles. The van der Waals surface area contributed by atoms with Crippen molar-refractivity contribution in [2.24, 2.45) is 0 Å². The first-order valence-electron chi connectivity index (χ1n) is 11.2. The molecule has 9 nitrogen and oxygen atoms in total. The minimum atomic E-state index is -0.172. The first-order valence-corrected chi connectivity index (χ1v) is 12.2. The van der Waals surface area contributed by atoms with Crippen molar-refractivity contribution in [3.05, 3.63) is 84.4 Å². The molecule has 0 fully saturated rings. The fourth-order valence-electron chi connectivity index (χ4n) is 3.40. The molecule has 10 heteroatoms. The maximum atomic E-state index is 12.5. The Kier molecular flexibility index (Phi) is 7.94. The molecule has 0 radical (unpaired) electrons. The molecule has 2 N–H and O–H groups in total. The van der Waals surface area contributed by atoms with Crippen molar-refractivity contribution in [3.8, 4) is 5.69 Å². The van der Waals surface area contributed by atoms with Gasteiger partial charge in [0.05, 0.1) is 5.75 Å². The maximum absolute atomic E-state index is 12.5. The summed E-state index contributed by atoms with van der Waals surface area (Å²) in [7, 11) is 0. The van der Waals surface area contributed by atoms with Crippen LogP contribution < -0.4 is 10.6 Å².